The van der Waals surface area contributed by atoms with Crippen LogP contribution in [0.15, 0.2) is 30.5 Å². The number of nitrogen functional groups attached to an aromatic ring is 1. The molecule has 0 atom stereocenters. The molecule has 0 radical (unpaired) electrons. The Morgan fingerprint density at radius 3 is 2.68 bits per heavy atom. The first kappa shape index (κ1) is 13.0. The van der Waals surface area contributed by atoms with Gasteiger partial charge in [-0.05, 0) is 43.2 Å². The molecule has 0 saturated heterocycles. The highest BCUT2D eigenvalue weighted by atomic mass is 19.1. The van der Waals surface area contributed by atoms with Crippen molar-refractivity contribution in [2.75, 3.05) is 11.1 Å². The van der Waals surface area contributed by atoms with Crippen LogP contribution in [0.4, 0.5) is 15.9 Å². The van der Waals surface area contributed by atoms with E-state index in [1.807, 2.05) is 0 Å². The molecule has 1 heterocycles. The molecule has 0 fully saturated rings. The van der Waals surface area contributed by atoms with Gasteiger partial charge < -0.3 is 11.1 Å². The summed E-state index contributed by atoms with van der Waals surface area (Å²) < 4.78 is 13.2. The molecule has 0 unspecified atom stereocenters. The van der Waals surface area contributed by atoms with Gasteiger partial charge in [-0.25, -0.2) is 9.37 Å². The fourth-order valence-corrected chi connectivity index (χ4v) is 1.74. The molecule has 0 aliphatic rings. The zero-order chi connectivity index (χ0) is 14.0. The topological polar surface area (TPSA) is 68.0 Å². The zero-order valence-electron chi connectivity index (χ0n) is 10.7. The minimum Gasteiger partial charge on any atom is -0.397 e. The molecule has 3 N–H and O–H groups in total. The lowest BCUT2D eigenvalue weighted by Gasteiger charge is -2.09. The maximum Gasteiger partial charge on any atom is 0.257 e. The summed E-state index contributed by atoms with van der Waals surface area (Å²) in [7, 11) is 0. The van der Waals surface area contributed by atoms with E-state index in [0.717, 1.165) is 5.56 Å². The third-order valence-corrected chi connectivity index (χ3v) is 2.78. The van der Waals surface area contributed by atoms with E-state index in [-0.39, 0.29) is 5.56 Å². The van der Waals surface area contributed by atoms with Crippen LogP contribution in [-0.4, -0.2) is 10.9 Å². The Morgan fingerprint density at radius 2 is 2.00 bits per heavy atom. The number of aromatic nitrogens is 1. The summed E-state index contributed by atoms with van der Waals surface area (Å²) in [5.41, 5.74) is 7.86. The number of hydrogen-bond acceptors (Lipinski definition) is 3. The minimum absolute atomic E-state index is 0.290. The Kier molecular flexibility index (Phi) is 3.46. The molecular formula is C14H14FN3O. The van der Waals surface area contributed by atoms with Gasteiger partial charge in [0.05, 0.1) is 11.9 Å². The number of carbonyl (C=O) groups excluding carboxylic acids is 1. The van der Waals surface area contributed by atoms with Crippen molar-refractivity contribution in [3.8, 4) is 0 Å². The highest BCUT2D eigenvalue weighted by Crippen LogP contribution is 2.17. The van der Waals surface area contributed by atoms with Crippen LogP contribution in [0.5, 0.6) is 0 Å². The predicted octanol–water partition coefficient (Wildman–Crippen LogP) is 2.67. The lowest BCUT2D eigenvalue weighted by Crippen LogP contribution is -2.15. The Morgan fingerprint density at radius 1 is 1.26 bits per heavy atom. The molecule has 0 bridgehead atoms. The number of nitrogens with two attached hydrogens (primary N) is 1. The molecule has 19 heavy (non-hydrogen) atoms. The van der Waals surface area contributed by atoms with Crippen LogP contribution in [0.25, 0.3) is 0 Å². The monoisotopic (exact) mass is 259 g/mol. The van der Waals surface area contributed by atoms with Gasteiger partial charge in [0.2, 0.25) is 0 Å². The molecule has 2 rings (SSSR count). The van der Waals surface area contributed by atoms with Crippen molar-refractivity contribution in [2.45, 2.75) is 13.8 Å². The van der Waals surface area contributed by atoms with Crippen molar-refractivity contribution >= 4 is 17.4 Å². The van der Waals surface area contributed by atoms with Crippen LogP contribution in [0.3, 0.4) is 0 Å². The lowest BCUT2D eigenvalue weighted by atomic mass is 10.1. The summed E-state index contributed by atoms with van der Waals surface area (Å²) in [5, 5.41) is 2.65. The van der Waals surface area contributed by atoms with Crippen molar-refractivity contribution in [3.05, 3.63) is 53.0 Å². The van der Waals surface area contributed by atoms with Crippen molar-refractivity contribution < 1.29 is 9.18 Å². The van der Waals surface area contributed by atoms with E-state index in [4.69, 9.17) is 5.73 Å². The van der Waals surface area contributed by atoms with E-state index in [2.05, 4.69) is 10.3 Å². The molecule has 4 nitrogen and oxygen atoms in total. The summed E-state index contributed by atoms with van der Waals surface area (Å²) in [4.78, 5) is 16.1. The van der Waals surface area contributed by atoms with Crippen LogP contribution in [-0.2, 0) is 0 Å². The van der Waals surface area contributed by atoms with Crippen LogP contribution >= 0.6 is 0 Å². The Labute approximate surface area is 110 Å². The first-order valence-corrected chi connectivity index (χ1v) is 5.77. The normalized spacial score (nSPS) is 10.3. The third-order valence-electron chi connectivity index (χ3n) is 2.78. The van der Waals surface area contributed by atoms with Crippen molar-refractivity contribution in [3.63, 3.8) is 0 Å². The number of nitrogens with one attached hydrogen (secondary N) is 1. The van der Waals surface area contributed by atoms with E-state index in [0.29, 0.717) is 17.1 Å². The molecule has 5 heteroatoms. The number of rotatable bonds is 2. The molecule has 98 valence electrons. The van der Waals surface area contributed by atoms with Gasteiger partial charge in [0, 0.05) is 5.56 Å². The number of hydrogen-bond donors (Lipinski definition) is 2. The van der Waals surface area contributed by atoms with E-state index in [1.165, 1.54) is 18.3 Å². The van der Waals surface area contributed by atoms with Gasteiger partial charge in [0.25, 0.3) is 5.91 Å². The van der Waals surface area contributed by atoms with Gasteiger partial charge >= 0.3 is 0 Å². The largest absolute Gasteiger partial charge is 0.397 e. The summed E-state index contributed by atoms with van der Waals surface area (Å²) in [6, 6.07) is 5.80. The molecule has 1 aromatic carbocycles. The quantitative estimate of drug-likeness (QED) is 0.871. The number of benzene rings is 1. The smallest absolute Gasteiger partial charge is 0.257 e. The number of nitrogens with zero attached hydrogens (tertiary/aromatic N) is 1. The number of aryl methyl sites for hydroxylation is 2. The van der Waals surface area contributed by atoms with Gasteiger partial charge in [-0.3, -0.25) is 4.79 Å². The number of halogens is 1. The number of carbonyl (C=O) groups is 1. The Hall–Kier alpha value is -2.43. The fraction of sp³-hybridized carbons (Fsp3) is 0.143. The van der Waals surface area contributed by atoms with E-state index in [1.54, 1.807) is 26.0 Å². The van der Waals surface area contributed by atoms with Gasteiger partial charge in [0.1, 0.15) is 11.6 Å². The fourth-order valence-electron chi connectivity index (χ4n) is 1.74. The molecule has 2 aromatic rings. The summed E-state index contributed by atoms with van der Waals surface area (Å²) in [6.45, 7) is 3.54. The maximum atomic E-state index is 13.2. The second-order valence-corrected chi connectivity index (χ2v) is 4.35. The van der Waals surface area contributed by atoms with Crippen LogP contribution in [0.2, 0.25) is 0 Å². The van der Waals surface area contributed by atoms with Gasteiger partial charge in [0.15, 0.2) is 0 Å². The molecule has 0 aliphatic heterocycles. The van der Waals surface area contributed by atoms with E-state index >= 15 is 0 Å². The van der Waals surface area contributed by atoms with Crippen LogP contribution in [0, 0.1) is 19.7 Å². The van der Waals surface area contributed by atoms with Crippen LogP contribution in [0.1, 0.15) is 21.5 Å². The Bertz CT molecular complexity index is 641. The average molecular weight is 259 g/mol. The predicted molar refractivity (Wildman–Crippen MR) is 72.5 cm³/mol. The number of amides is 1. The highest BCUT2D eigenvalue weighted by molar-refractivity contribution is 6.05. The SMILES string of the molecule is Cc1ccc(F)cc1C(=O)Nc1ncc(N)cc1C. The van der Waals surface area contributed by atoms with Crippen molar-refractivity contribution in [2.24, 2.45) is 0 Å². The minimum atomic E-state index is -0.447. The standard InChI is InChI=1S/C14H14FN3O/c1-8-3-4-10(15)6-12(8)14(19)18-13-9(2)5-11(16)7-17-13/h3-7H,16H2,1-2H3,(H,17,18,19). The summed E-state index contributed by atoms with van der Waals surface area (Å²) >= 11 is 0. The van der Waals surface area contributed by atoms with Gasteiger partial charge in [-0.1, -0.05) is 6.07 Å². The third kappa shape index (κ3) is 2.88. The number of anilines is 2. The number of pyridine rings is 1. The Balaban J connectivity index is 2.28. The molecule has 1 aromatic heterocycles. The highest BCUT2D eigenvalue weighted by Gasteiger charge is 2.12. The second kappa shape index (κ2) is 5.06. The van der Waals surface area contributed by atoms with Crippen molar-refractivity contribution in [1.29, 1.82) is 0 Å². The van der Waals surface area contributed by atoms with E-state index < -0.39 is 11.7 Å². The van der Waals surface area contributed by atoms with E-state index in [9.17, 15) is 9.18 Å². The summed E-state index contributed by atoms with van der Waals surface area (Å²) in [6.07, 6.45) is 1.46. The molecule has 0 aliphatic carbocycles. The first-order valence-electron chi connectivity index (χ1n) is 5.77. The van der Waals surface area contributed by atoms with Gasteiger partial charge in [-0.2, -0.15) is 0 Å². The average Bonchev–Trinajstić information content (AvgIpc) is 2.35. The van der Waals surface area contributed by atoms with Crippen LogP contribution < -0.4 is 11.1 Å². The maximum absolute atomic E-state index is 13.2. The molecule has 1 amide bonds. The van der Waals surface area contributed by atoms with Crippen molar-refractivity contribution in [1.82, 2.24) is 4.98 Å². The molecule has 0 saturated carbocycles. The van der Waals surface area contributed by atoms with Gasteiger partial charge in [-0.15, -0.1) is 0 Å². The lowest BCUT2D eigenvalue weighted by molar-refractivity contribution is 0.102. The summed E-state index contributed by atoms with van der Waals surface area (Å²) in [5.74, 6) is -0.419. The molecule has 0 spiro atoms. The second-order valence-electron chi connectivity index (χ2n) is 4.35. The zero-order valence-corrected chi connectivity index (χ0v) is 10.7. The first-order chi connectivity index (χ1) is 8.97. The molecular weight excluding hydrogens is 245 g/mol.